The van der Waals surface area contributed by atoms with Gasteiger partial charge in [-0.1, -0.05) is 39.3 Å². The smallest absolute Gasteiger partial charge is 0.390 e. The molecule has 0 amide bonds. The van der Waals surface area contributed by atoms with Gasteiger partial charge in [0.05, 0.1) is 11.5 Å². The van der Waals surface area contributed by atoms with Crippen LogP contribution in [0.1, 0.15) is 105 Å². The average Bonchev–Trinajstić information content (AvgIpc) is 3.00. The lowest BCUT2D eigenvalue weighted by molar-refractivity contribution is -0.172. The molecule has 0 aliphatic heterocycles. The highest BCUT2D eigenvalue weighted by molar-refractivity contribution is 5.24. The largest absolute Gasteiger partial charge is 0.391 e. The summed E-state index contributed by atoms with van der Waals surface area (Å²) >= 11 is 0. The minimum absolute atomic E-state index is 0.219. The fourth-order valence-corrected chi connectivity index (χ4v) is 8.80. The third-order valence-electron chi connectivity index (χ3n) is 11.1. The van der Waals surface area contributed by atoms with Gasteiger partial charge in [0.25, 0.3) is 0 Å². The van der Waals surface area contributed by atoms with Gasteiger partial charge in [0, 0.05) is 0 Å². The Labute approximate surface area is 193 Å². The SMILES string of the molecule is CC(CC[C@@H](C)C1CCC2C3CC=C4CC[C@@](C)(O)CCC4(C)C3CCC21C)C(F)(F)F. The number of alkyl halides is 3. The Morgan fingerprint density at radius 3 is 2.38 bits per heavy atom. The second-order valence-corrected chi connectivity index (χ2v) is 13.0. The van der Waals surface area contributed by atoms with E-state index in [0.29, 0.717) is 36.0 Å². The summed E-state index contributed by atoms with van der Waals surface area (Å²) in [6, 6.07) is 0. The summed E-state index contributed by atoms with van der Waals surface area (Å²) in [5, 5.41) is 10.7. The molecule has 0 aromatic heterocycles. The number of rotatable bonds is 4. The van der Waals surface area contributed by atoms with E-state index in [1.165, 1.54) is 39.0 Å². The van der Waals surface area contributed by atoms with Crippen molar-refractivity contribution in [3.05, 3.63) is 11.6 Å². The van der Waals surface area contributed by atoms with Crippen LogP contribution in [0, 0.1) is 46.3 Å². The Morgan fingerprint density at radius 1 is 0.969 bits per heavy atom. The van der Waals surface area contributed by atoms with E-state index >= 15 is 0 Å². The van der Waals surface area contributed by atoms with Crippen LogP contribution in [0.4, 0.5) is 13.2 Å². The van der Waals surface area contributed by atoms with Gasteiger partial charge in [-0.15, -0.1) is 0 Å². The van der Waals surface area contributed by atoms with Crippen LogP contribution in [0.2, 0.25) is 0 Å². The first-order chi connectivity index (χ1) is 14.8. The Hall–Kier alpha value is -0.510. The summed E-state index contributed by atoms with van der Waals surface area (Å²) in [5.41, 5.74) is 1.56. The molecule has 184 valence electrons. The van der Waals surface area contributed by atoms with Crippen LogP contribution >= 0.6 is 0 Å². The van der Waals surface area contributed by atoms with E-state index in [-0.39, 0.29) is 17.3 Å². The summed E-state index contributed by atoms with van der Waals surface area (Å²) in [4.78, 5) is 0. The van der Waals surface area contributed by atoms with Crippen LogP contribution in [0.5, 0.6) is 0 Å². The van der Waals surface area contributed by atoms with E-state index < -0.39 is 17.7 Å². The van der Waals surface area contributed by atoms with Gasteiger partial charge >= 0.3 is 6.18 Å². The molecule has 0 aromatic rings. The number of hydrogen-bond acceptors (Lipinski definition) is 1. The first-order valence-corrected chi connectivity index (χ1v) is 13.3. The van der Waals surface area contributed by atoms with Crippen LogP contribution in [0.25, 0.3) is 0 Å². The molecule has 7 unspecified atom stereocenters. The molecule has 0 spiro atoms. The Bertz CT molecular complexity index is 725. The Morgan fingerprint density at radius 2 is 1.69 bits per heavy atom. The van der Waals surface area contributed by atoms with Crippen molar-refractivity contribution in [2.75, 3.05) is 0 Å². The van der Waals surface area contributed by atoms with Gasteiger partial charge in [-0.05, 0) is 118 Å². The lowest BCUT2D eigenvalue weighted by atomic mass is 9.48. The quantitative estimate of drug-likeness (QED) is 0.423. The maximum atomic E-state index is 13.0. The van der Waals surface area contributed by atoms with Gasteiger partial charge in [0.1, 0.15) is 0 Å². The molecule has 0 radical (unpaired) electrons. The normalized spacial score (nSPS) is 46.3. The number of fused-ring (bicyclic) bond motifs is 5. The molecule has 4 heteroatoms. The van der Waals surface area contributed by atoms with E-state index in [4.69, 9.17) is 0 Å². The lowest BCUT2D eigenvalue weighted by Crippen LogP contribution is -2.49. The van der Waals surface area contributed by atoms with E-state index in [0.717, 1.165) is 25.7 Å². The monoisotopic (exact) mass is 454 g/mol. The molecule has 0 aromatic carbocycles. The predicted molar refractivity (Wildman–Crippen MR) is 124 cm³/mol. The van der Waals surface area contributed by atoms with Crippen LogP contribution in [0.3, 0.4) is 0 Å². The first-order valence-electron chi connectivity index (χ1n) is 13.3. The van der Waals surface area contributed by atoms with Gasteiger partial charge in [0.15, 0.2) is 0 Å². The number of aliphatic hydroxyl groups is 1. The molecule has 3 saturated carbocycles. The van der Waals surface area contributed by atoms with Crippen molar-refractivity contribution in [2.24, 2.45) is 46.3 Å². The van der Waals surface area contributed by atoms with Gasteiger partial charge in [-0.25, -0.2) is 0 Å². The van der Waals surface area contributed by atoms with E-state index in [9.17, 15) is 18.3 Å². The van der Waals surface area contributed by atoms with Gasteiger partial charge in [0.2, 0.25) is 0 Å². The topological polar surface area (TPSA) is 20.2 Å². The van der Waals surface area contributed by atoms with E-state index in [2.05, 4.69) is 26.8 Å². The van der Waals surface area contributed by atoms with Crippen molar-refractivity contribution < 1.29 is 18.3 Å². The molecule has 4 rings (SSSR count). The maximum Gasteiger partial charge on any atom is 0.391 e. The fourth-order valence-electron chi connectivity index (χ4n) is 8.80. The van der Waals surface area contributed by atoms with Gasteiger partial charge in [-0.3, -0.25) is 0 Å². The lowest BCUT2D eigenvalue weighted by Gasteiger charge is -2.57. The molecule has 1 N–H and O–H groups in total. The summed E-state index contributed by atoms with van der Waals surface area (Å²) in [6.07, 6.45) is 9.40. The summed E-state index contributed by atoms with van der Waals surface area (Å²) in [7, 11) is 0. The standard InChI is InChI=1S/C28H45F3O/c1-18(6-7-19(2)28(29,30)31)22-10-11-23-21-9-8-20-12-14-25(3,32)16-17-26(20,4)24(21)13-15-27(22,23)5/h8,18-19,21-24,32H,6-7,9-17H2,1-5H3/t18-,19?,21?,22?,23?,24?,25-,26?,27?/m1/s1. The predicted octanol–water partition coefficient (Wildman–Crippen LogP) is 8.32. The molecule has 4 aliphatic carbocycles. The van der Waals surface area contributed by atoms with Crippen LogP contribution in [-0.4, -0.2) is 16.9 Å². The molecular formula is C28H45F3O. The maximum absolute atomic E-state index is 13.0. The molecule has 0 saturated heterocycles. The zero-order valence-electron chi connectivity index (χ0n) is 20.9. The van der Waals surface area contributed by atoms with Crippen molar-refractivity contribution in [3.8, 4) is 0 Å². The highest BCUT2D eigenvalue weighted by Gasteiger charge is 2.59. The number of halogens is 3. The van der Waals surface area contributed by atoms with Gasteiger partial charge in [-0.2, -0.15) is 13.2 Å². The number of allylic oxidation sites excluding steroid dienone is 2. The van der Waals surface area contributed by atoms with Crippen molar-refractivity contribution >= 4 is 0 Å². The first kappa shape index (κ1) is 24.6. The Kier molecular flexibility index (Phi) is 6.39. The molecule has 0 heterocycles. The second-order valence-electron chi connectivity index (χ2n) is 13.0. The molecule has 1 nitrogen and oxygen atoms in total. The summed E-state index contributed by atoms with van der Waals surface area (Å²) in [5.74, 6) is 1.84. The molecule has 4 aliphatic rings. The van der Waals surface area contributed by atoms with Gasteiger partial charge < -0.3 is 5.11 Å². The minimum atomic E-state index is -4.06. The molecule has 3 fully saturated rings. The molecule has 9 atom stereocenters. The van der Waals surface area contributed by atoms with Crippen molar-refractivity contribution in [3.63, 3.8) is 0 Å². The van der Waals surface area contributed by atoms with Crippen LogP contribution in [-0.2, 0) is 0 Å². The van der Waals surface area contributed by atoms with Crippen LogP contribution < -0.4 is 0 Å². The van der Waals surface area contributed by atoms with Crippen molar-refractivity contribution in [1.29, 1.82) is 0 Å². The summed E-state index contributed by atoms with van der Waals surface area (Å²) in [6.45, 7) is 10.5. The third-order valence-corrected chi connectivity index (χ3v) is 11.1. The van der Waals surface area contributed by atoms with E-state index in [1.807, 2.05) is 6.92 Å². The van der Waals surface area contributed by atoms with Crippen LogP contribution in [0.15, 0.2) is 11.6 Å². The van der Waals surface area contributed by atoms with Crippen molar-refractivity contribution in [1.82, 2.24) is 0 Å². The minimum Gasteiger partial charge on any atom is -0.390 e. The number of hydrogen-bond donors (Lipinski definition) is 1. The molecule has 0 bridgehead atoms. The highest BCUT2D eigenvalue weighted by atomic mass is 19.4. The zero-order chi connectivity index (χ0) is 23.5. The molecular weight excluding hydrogens is 409 g/mol. The average molecular weight is 455 g/mol. The fraction of sp³-hybridized carbons (Fsp3) is 0.929. The van der Waals surface area contributed by atoms with Crippen molar-refractivity contribution in [2.45, 2.75) is 117 Å². The second kappa shape index (κ2) is 8.31. The Balaban J connectivity index is 1.49. The third kappa shape index (κ3) is 4.20. The van der Waals surface area contributed by atoms with E-state index in [1.54, 1.807) is 5.57 Å². The molecule has 32 heavy (non-hydrogen) atoms. The summed E-state index contributed by atoms with van der Waals surface area (Å²) < 4.78 is 39.1. The highest BCUT2D eigenvalue weighted by Crippen LogP contribution is 2.67. The zero-order valence-corrected chi connectivity index (χ0v) is 20.9.